The van der Waals surface area contributed by atoms with Gasteiger partial charge in [-0.2, -0.15) is 0 Å². The molecule has 1 aliphatic rings. The second-order valence-electron chi connectivity index (χ2n) is 4.87. The second kappa shape index (κ2) is 5.41. The molecule has 4 N–H and O–H groups in total. The van der Waals surface area contributed by atoms with Gasteiger partial charge in [-0.1, -0.05) is 11.8 Å². The normalized spacial score (nSPS) is 14.4. The van der Waals surface area contributed by atoms with Crippen LogP contribution in [0.4, 0.5) is 0 Å². The zero-order chi connectivity index (χ0) is 15.0. The van der Waals surface area contributed by atoms with Crippen LogP contribution in [-0.4, -0.2) is 20.7 Å². The number of aryl methyl sites for hydroxylation is 1. The Morgan fingerprint density at radius 2 is 2.43 bits per heavy atom. The number of rotatable bonds is 5. The molecular weight excluding hydrogens is 294 g/mol. The Balaban J connectivity index is 1.75. The van der Waals surface area contributed by atoms with E-state index in [4.69, 9.17) is 10.3 Å². The van der Waals surface area contributed by atoms with Crippen LogP contribution >= 0.6 is 11.8 Å². The van der Waals surface area contributed by atoms with E-state index in [0.29, 0.717) is 16.7 Å². The molecule has 2 aromatic rings. The Kier molecular flexibility index (Phi) is 3.60. The molecule has 2 heterocycles. The molecule has 0 radical (unpaired) electrons. The summed E-state index contributed by atoms with van der Waals surface area (Å²) >= 11 is 1.43. The Morgan fingerprint density at radius 1 is 1.67 bits per heavy atom. The molecule has 1 fully saturated rings. The summed E-state index contributed by atoms with van der Waals surface area (Å²) in [6.45, 7) is 1.78. The second-order valence-corrected chi connectivity index (χ2v) is 5.81. The highest BCUT2D eigenvalue weighted by Crippen LogP contribution is 2.36. The third kappa shape index (κ3) is 2.74. The van der Waals surface area contributed by atoms with Crippen molar-refractivity contribution in [1.82, 2.24) is 20.2 Å². The average molecular weight is 309 g/mol. The lowest BCUT2D eigenvalue weighted by Crippen LogP contribution is -2.29. The van der Waals surface area contributed by atoms with Crippen molar-refractivity contribution in [2.75, 3.05) is 0 Å². The fourth-order valence-corrected chi connectivity index (χ4v) is 3.09. The molecular formula is C12H15N5O3S. The molecule has 1 saturated carbocycles. The van der Waals surface area contributed by atoms with Crippen LogP contribution in [0.15, 0.2) is 20.4 Å². The van der Waals surface area contributed by atoms with E-state index in [1.165, 1.54) is 11.8 Å². The molecule has 3 rings (SSSR count). The van der Waals surface area contributed by atoms with Gasteiger partial charge in [0.2, 0.25) is 0 Å². The molecule has 8 nitrogen and oxygen atoms in total. The summed E-state index contributed by atoms with van der Waals surface area (Å²) in [7, 11) is 0. The number of hydrogen-bond acceptors (Lipinski definition) is 6. The number of amides is 1. The summed E-state index contributed by atoms with van der Waals surface area (Å²) in [5, 5.41) is 7.17. The fourth-order valence-electron chi connectivity index (χ4n) is 2.04. The summed E-state index contributed by atoms with van der Waals surface area (Å²) in [5.74, 6) is 5.99. The molecule has 1 aliphatic carbocycles. The molecule has 0 spiro atoms. The number of nitrogens with one attached hydrogen (secondary N) is 2. The predicted octanol–water partition coefficient (Wildman–Crippen LogP) is 0.704. The topological polar surface area (TPSA) is 119 Å². The molecule has 9 heteroatoms. The van der Waals surface area contributed by atoms with Crippen LogP contribution in [0.5, 0.6) is 0 Å². The number of thioether (sulfide) groups is 1. The van der Waals surface area contributed by atoms with E-state index < -0.39 is 5.91 Å². The number of hydrazine groups is 1. The maximum atomic E-state index is 11.7. The van der Waals surface area contributed by atoms with Crippen molar-refractivity contribution in [2.24, 2.45) is 5.84 Å². The van der Waals surface area contributed by atoms with Gasteiger partial charge < -0.3 is 4.42 Å². The van der Waals surface area contributed by atoms with Gasteiger partial charge in [0, 0.05) is 17.4 Å². The van der Waals surface area contributed by atoms with Crippen LogP contribution in [0.3, 0.4) is 0 Å². The fraction of sp³-hybridized carbons (Fsp3) is 0.417. The minimum atomic E-state index is -0.469. The lowest BCUT2D eigenvalue weighted by atomic mass is 10.3. The van der Waals surface area contributed by atoms with Gasteiger partial charge in [-0.3, -0.25) is 14.8 Å². The lowest BCUT2D eigenvalue weighted by Gasteiger charge is -2.02. The summed E-state index contributed by atoms with van der Waals surface area (Å²) in [6.07, 6.45) is 2.02. The number of hydrogen-bond donors (Lipinski definition) is 3. The van der Waals surface area contributed by atoms with E-state index in [-0.39, 0.29) is 17.5 Å². The SMILES string of the molecule is Cc1oc(C(=O)NN)cc1CSc1n[nH]c(=O)n1C1CC1. The number of aromatic nitrogens is 3. The van der Waals surface area contributed by atoms with Gasteiger partial charge in [0.15, 0.2) is 10.9 Å². The Morgan fingerprint density at radius 3 is 3.10 bits per heavy atom. The van der Waals surface area contributed by atoms with Gasteiger partial charge in [-0.05, 0) is 25.8 Å². The van der Waals surface area contributed by atoms with E-state index in [1.54, 1.807) is 17.6 Å². The van der Waals surface area contributed by atoms with Gasteiger partial charge in [-0.25, -0.2) is 15.7 Å². The number of H-pyrrole nitrogens is 1. The summed E-state index contributed by atoms with van der Waals surface area (Å²) < 4.78 is 7.04. The predicted molar refractivity (Wildman–Crippen MR) is 75.8 cm³/mol. The first-order valence-corrected chi connectivity index (χ1v) is 7.48. The van der Waals surface area contributed by atoms with E-state index in [1.807, 2.05) is 5.43 Å². The van der Waals surface area contributed by atoms with Gasteiger partial charge in [0.25, 0.3) is 0 Å². The minimum Gasteiger partial charge on any atom is -0.456 e. The summed E-state index contributed by atoms with van der Waals surface area (Å²) in [6, 6.07) is 1.92. The average Bonchev–Trinajstić information content (AvgIpc) is 3.14. The van der Waals surface area contributed by atoms with Crippen LogP contribution < -0.4 is 17.0 Å². The maximum Gasteiger partial charge on any atom is 0.344 e. The van der Waals surface area contributed by atoms with Gasteiger partial charge in [0.05, 0.1) is 0 Å². The molecule has 21 heavy (non-hydrogen) atoms. The van der Waals surface area contributed by atoms with Crippen molar-refractivity contribution in [3.8, 4) is 0 Å². The van der Waals surface area contributed by atoms with Crippen molar-refractivity contribution in [3.63, 3.8) is 0 Å². The zero-order valence-electron chi connectivity index (χ0n) is 11.4. The van der Waals surface area contributed by atoms with Gasteiger partial charge >= 0.3 is 11.6 Å². The largest absolute Gasteiger partial charge is 0.456 e. The number of aromatic amines is 1. The molecule has 0 saturated heterocycles. The molecule has 0 atom stereocenters. The highest BCUT2D eigenvalue weighted by atomic mass is 32.2. The first-order valence-electron chi connectivity index (χ1n) is 6.50. The standard InChI is InChI=1S/C12H15N5O3S/c1-6-7(4-9(20-6)10(18)14-13)5-21-12-16-15-11(19)17(12)8-2-3-8/h4,8H,2-3,5,13H2,1H3,(H,14,18)(H,15,19). The van der Waals surface area contributed by atoms with Crippen molar-refractivity contribution in [1.29, 1.82) is 0 Å². The molecule has 0 bridgehead atoms. The van der Waals surface area contributed by atoms with Crippen molar-refractivity contribution in [3.05, 3.63) is 33.6 Å². The van der Waals surface area contributed by atoms with Crippen molar-refractivity contribution in [2.45, 2.75) is 36.7 Å². The summed E-state index contributed by atoms with van der Waals surface area (Å²) in [4.78, 5) is 23.1. The summed E-state index contributed by atoms with van der Waals surface area (Å²) in [5.41, 5.74) is 2.73. The molecule has 0 aromatic carbocycles. The quantitative estimate of drug-likeness (QED) is 0.324. The van der Waals surface area contributed by atoms with E-state index in [2.05, 4.69) is 10.2 Å². The highest BCUT2D eigenvalue weighted by molar-refractivity contribution is 7.98. The van der Waals surface area contributed by atoms with Crippen LogP contribution in [-0.2, 0) is 5.75 Å². The first kappa shape index (κ1) is 14.0. The van der Waals surface area contributed by atoms with E-state index in [0.717, 1.165) is 18.4 Å². The maximum absolute atomic E-state index is 11.7. The minimum absolute atomic E-state index is 0.173. The van der Waals surface area contributed by atoms with Crippen LogP contribution in [0.1, 0.15) is 40.8 Å². The zero-order valence-corrected chi connectivity index (χ0v) is 12.2. The number of furan rings is 1. The van der Waals surface area contributed by atoms with Crippen molar-refractivity contribution < 1.29 is 9.21 Å². The Bertz CT molecular complexity index is 728. The van der Waals surface area contributed by atoms with Crippen LogP contribution in [0.2, 0.25) is 0 Å². The van der Waals surface area contributed by atoms with E-state index >= 15 is 0 Å². The smallest absolute Gasteiger partial charge is 0.344 e. The monoisotopic (exact) mass is 309 g/mol. The van der Waals surface area contributed by atoms with Crippen molar-refractivity contribution >= 4 is 17.7 Å². The lowest BCUT2D eigenvalue weighted by molar-refractivity contribution is 0.0924. The van der Waals surface area contributed by atoms with Gasteiger partial charge in [0.1, 0.15) is 5.76 Å². The first-order chi connectivity index (χ1) is 10.1. The third-order valence-electron chi connectivity index (χ3n) is 3.32. The molecule has 1 amide bonds. The highest BCUT2D eigenvalue weighted by Gasteiger charge is 2.28. The number of nitrogens with zero attached hydrogens (tertiary/aromatic N) is 2. The molecule has 112 valence electrons. The van der Waals surface area contributed by atoms with Gasteiger partial charge in [-0.15, -0.1) is 5.10 Å². The number of carbonyl (C=O) groups excluding carboxylic acids is 1. The molecule has 2 aromatic heterocycles. The number of nitrogen functional groups attached to an aromatic ring is 1. The number of nitrogens with two attached hydrogens (primary N) is 1. The number of carbonyl (C=O) groups is 1. The van der Waals surface area contributed by atoms with Crippen LogP contribution in [0, 0.1) is 6.92 Å². The Hall–Kier alpha value is -2.00. The Labute approximate surface area is 124 Å². The molecule has 0 unspecified atom stereocenters. The molecule has 0 aliphatic heterocycles. The van der Waals surface area contributed by atoms with Crippen LogP contribution in [0.25, 0.3) is 0 Å². The van der Waals surface area contributed by atoms with E-state index in [9.17, 15) is 9.59 Å². The third-order valence-corrected chi connectivity index (χ3v) is 4.32.